The molecule has 1 aliphatic heterocycles. The lowest BCUT2D eigenvalue weighted by molar-refractivity contribution is -0.385. The smallest absolute Gasteiger partial charge is 0.273 e. The molecule has 0 bridgehead atoms. The highest BCUT2D eigenvalue weighted by atomic mass is 16.6. The number of anilines is 2. The van der Waals surface area contributed by atoms with E-state index in [1.54, 1.807) is 0 Å². The topological polar surface area (TPSA) is 108 Å². The predicted octanol–water partition coefficient (Wildman–Crippen LogP) is 3.35. The minimum Gasteiger partial charge on any atom is -0.453 e. The fourth-order valence-corrected chi connectivity index (χ4v) is 1.89. The number of fused-ring (bicyclic) bond motifs is 2. The van der Waals surface area contributed by atoms with Gasteiger partial charge >= 0.3 is 0 Å². The van der Waals surface area contributed by atoms with E-state index in [0.29, 0.717) is 22.9 Å². The van der Waals surface area contributed by atoms with Crippen LogP contribution in [0.25, 0.3) is 0 Å². The summed E-state index contributed by atoms with van der Waals surface area (Å²) in [4.78, 5) is 20.4. The van der Waals surface area contributed by atoms with Gasteiger partial charge in [-0.1, -0.05) is 0 Å². The maximum absolute atomic E-state index is 10.7. The Hall–Kier alpha value is -3.16. The number of ether oxygens (including phenoxy) is 1. The summed E-state index contributed by atoms with van der Waals surface area (Å²) < 4.78 is 5.51. The Kier molecular flexibility index (Phi) is 2.50. The van der Waals surface area contributed by atoms with Crippen molar-refractivity contribution in [3.8, 4) is 11.5 Å². The summed E-state index contributed by atoms with van der Waals surface area (Å²) in [6, 6.07) is 8.23. The second-order valence-electron chi connectivity index (χ2n) is 4.10. The Bertz CT molecular complexity index is 680. The lowest BCUT2D eigenvalue weighted by Gasteiger charge is -2.21. The fraction of sp³-hybridized carbons (Fsp3) is 0. The Balaban J connectivity index is 2.02. The number of nitro groups is 2. The van der Waals surface area contributed by atoms with E-state index < -0.39 is 9.85 Å². The maximum atomic E-state index is 10.7. The van der Waals surface area contributed by atoms with Gasteiger partial charge in [-0.15, -0.1) is 0 Å². The number of nitrogens with zero attached hydrogens (tertiary/aromatic N) is 2. The van der Waals surface area contributed by atoms with E-state index in [4.69, 9.17) is 4.74 Å². The van der Waals surface area contributed by atoms with Crippen LogP contribution in [0.3, 0.4) is 0 Å². The summed E-state index contributed by atoms with van der Waals surface area (Å²) in [6.45, 7) is 0. The van der Waals surface area contributed by atoms with Crippen molar-refractivity contribution in [1.82, 2.24) is 0 Å². The lowest BCUT2D eigenvalue weighted by atomic mass is 10.2. The van der Waals surface area contributed by atoms with Crippen LogP contribution in [0.1, 0.15) is 0 Å². The van der Waals surface area contributed by atoms with Crippen LogP contribution in [0.5, 0.6) is 11.5 Å². The van der Waals surface area contributed by atoms with Crippen molar-refractivity contribution in [2.45, 2.75) is 0 Å². The summed E-state index contributed by atoms with van der Waals surface area (Å²) in [7, 11) is 0. The normalized spacial score (nSPS) is 11.6. The number of benzene rings is 2. The summed E-state index contributed by atoms with van der Waals surface area (Å²) >= 11 is 0. The molecular weight excluding hydrogens is 266 g/mol. The van der Waals surface area contributed by atoms with Gasteiger partial charge < -0.3 is 10.1 Å². The fourth-order valence-electron chi connectivity index (χ4n) is 1.89. The second-order valence-corrected chi connectivity index (χ2v) is 4.10. The van der Waals surface area contributed by atoms with Crippen LogP contribution < -0.4 is 10.1 Å². The van der Waals surface area contributed by atoms with Gasteiger partial charge in [-0.25, -0.2) is 0 Å². The molecule has 0 saturated heterocycles. The molecule has 1 N–H and O–H groups in total. The number of nitro benzene ring substituents is 2. The number of nitrogens with one attached hydrogen (secondary N) is 1. The molecule has 0 amide bonds. The second kappa shape index (κ2) is 4.19. The molecule has 0 aliphatic carbocycles. The summed E-state index contributed by atoms with van der Waals surface area (Å²) in [5.74, 6) is 0.684. The molecule has 8 nitrogen and oxygen atoms in total. The zero-order valence-electron chi connectivity index (χ0n) is 9.90. The molecule has 2 aromatic rings. The quantitative estimate of drug-likeness (QED) is 0.566. The molecule has 0 unspecified atom stereocenters. The van der Waals surface area contributed by atoms with E-state index in [2.05, 4.69) is 5.32 Å². The van der Waals surface area contributed by atoms with Gasteiger partial charge in [0.15, 0.2) is 11.5 Å². The van der Waals surface area contributed by atoms with E-state index in [9.17, 15) is 20.2 Å². The minimum atomic E-state index is -0.519. The molecule has 1 aliphatic rings. The van der Waals surface area contributed by atoms with Crippen molar-refractivity contribution in [2.24, 2.45) is 0 Å². The van der Waals surface area contributed by atoms with Crippen LogP contribution in [-0.4, -0.2) is 9.85 Å². The van der Waals surface area contributed by atoms with E-state index >= 15 is 0 Å². The van der Waals surface area contributed by atoms with Gasteiger partial charge in [0.25, 0.3) is 11.4 Å². The Morgan fingerprint density at radius 2 is 1.50 bits per heavy atom. The Morgan fingerprint density at radius 3 is 2.20 bits per heavy atom. The van der Waals surface area contributed by atoms with E-state index in [-0.39, 0.29) is 11.4 Å². The van der Waals surface area contributed by atoms with Crippen molar-refractivity contribution in [3.05, 3.63) is 56.6 Å². The first kappa shape index (κ1) is 11.9. The average molecular weight is 273 g/mol. The summed E-state index contributed by atoms with van der Waals surface area (Å²) in [6.07, 6.45) is 0. The average Bonchev–Trinajstić information content (AvgIpc) is 2.43. The molecule has 100 valence electrons. The van der Waals surface area contributed by atoms with Gasteiger partial charge in [0, 0.05) is 18.2 Å². The van der Waals surface area contributed by atoms with Crippen LogP contribution in [0.4, 0.5) is 22.7 Å². The molecule has 0 spiro atoms. The zero-order valence-corrected chi connectivity index (χ0v) is 9.90. The van der Waals surface area contributed by atoms with Crippen LogP contribution in [0.15, 0.2) is 36.4 Å². The maximum Gasteiger partial charge on any atom is 0.273 e. The first-order chi connectivity index (χ1) is 9.54. The first-order valence-corrected chi connectivity index (χ1v) is 5.56. The molecule has 0 aromatic heterocycles. The van der Waals surface area contributed by atoms with Crippen LogP contribution in [0, 0.1) is 20.2 Å². The Morgan fingerprint density at radius 1 is 0.850 bits per heavy atom. The van der Waals surface area contributed by atoms with Crippen molar-refractivity contribution in [1.29, 1.82) is 0 Å². The van der Waals surface area contributed by atoms with Crippen LogP contribution in [0.2, 0.25) is 0 Å². The van der Waals surface area contributed by atoms with Crippen molar-refractivity contribution < 1.29 is 14.6 Å². The molecule has 8 heteroatoms. The number of rotatable bonds is 2. The highest BCUT2D eigenvalue weighted by molar-refractivity contribution is 5.78. The molecule has 0 saturated carbocycles. The van der Waals surface area contributed by atoms with Gasteiger partial charge in [-0.2, -0.15) is 0 Å². The molecule has 1 heterocycles. The van der Waals surface area contributed by atoms with Gasteiger partial charge in [0.2, 0.25) is 0 Å². The van der Waals surface area contributed by atoms with Crippen LogP contribution in [-0.2, 0) is 0 Å². The highest BCUT2D eigenvalue weighted by Crippen LogP contribution is 2.44. The first-order valence-electron chi connectivity index (χ1n) is 5.56. The van der Waals surface area contributed by atoms with E-state index in [1.165, 1.54) is 36.4 Å². The largest absolute Gasteiger partial charge is 0.453 e. The number of non-ortho nitro benzene ring substituents is 2. The summed E-state index contributed by atoms with van der Waals surface area (Å²) in [5, 5.41) is 24.4. The van der Waals surface area contributed by atoms with Gasteiger partial charge in [-0.05, 0) is 12.1 Å². The lowest BCUT2D eigenvalue weighted by Crippen LogP contribution is -2.04. The number of hydrogen-bond acceptors (Lipinski definition) is 6. The predicted molar refractivity (Wildman–Crippen MR) is 69.5 cm³/mol. The van der Waals surface area contributed by atoms with E-state index in [0.717, 1.165) is 0 Å². The van der Waals surface area contributed by atoms with Crippen molar-refractivity contribution >= 4 is 22.7 Å². The molecule has 20 heavy (non-hydrogen) atoms. The third kappa shape index (κ3) is 1.88. The van der Waals surface area contributed by atoms with Crippen molar-refractivity contribution in [3.63, 3.8) is 0 Å². The monoisotopic (exact) mass is 273 g/mol. The zero-order chi connectivity index (χ0) is 14.3. The molecule has 3 rings (SSSR count). The third-order valence-electron chi connectivity index (χ3n) is 2.84. The van der Waals surface area contributed by atoms with Crippen molar-refractivity contribution in [2.75, 3.05) is 5.32 Å². The Labute approximate surface area is 111 Å². The SMILES string of the molecule is O=[N+]([O-])c1ccc2c(c1)Nc1ccc([N+](=O)[O-])cc1O2. The molecule has 0 fully saturated rings. The van der Waals surface area contributed by atoms with Gasteiger partial charge in [0.05, 0.1) is 27.3 Å². The highest BCUT2D eigenvalue weighted by Gasteiger charge is 2.21. The van der Waals surface area contributed by atoms with E-state index in [1.807, 2.05) is 0 Å². The summed E-state index contributed by atoms with van der Waals surface area (Å²) in [5.41, 5.74) is 0.810. The van der Waals surface area contributed by atoms with Gasteiger partial charge in [-0.3, -0.25) is 20.2 Å². The molecule has 0 radical (unpaired) electrons. The standard InChI is InChI=1S/C12H7N3O5/c16-14(17)7-2-4-11-10(5-7)13-9-3-1-8(15(18)19)6-12(9)20-11/h1-6,13H. The third-order valence-corrected chi connectivity index (χ3v) is 2.84. The molecular formula is C12H7N3O5. The number of hydrogen-bond donors (Lipinski definition) is 1. The molecule has 0 atom stereocenters. The van der Waals surface area contributed by atoms with Gasteiger partial charge in [0.1, 0.15) is 0 Å². The van der Waals surface area contributed by atoms with Crippen LogP contribution >= 0.6 is 0 Å². The minimum absolute atomic E-state index is 0.0646. The molecule has 2 aromatic carbocycles.